The maximum Gasteiger partial charge on any atom is 0.331 e. The van der Waals surface area contributed by atoms with Gasteiger partial charge in [0.25, 0.3) is 0 Å². The molecule has 13 heteroatoms. The zero-order valence-corrected chi connectivity index (χ0v) is 24.0. The molecule has 1 unspecified atom stereocenters. The average molecular weight is 609 g/mol. The fraction of sp³-hybridized carbons (Fsp3) is 0.600. The van der Waals surface area contributed by atoms with Gasteiger partial charge in [-0.1, -0.05) is 26.0 Å². The smallest absolute Gasteiger partial charge is 0.331 e. The number of aliphatic hydroxyl groups is 5. The number of aliphatic hydroxyl groups excluding tert-OH is 4. The van der Waals surface area contributed by atoms with Gasteiger partial charge in [0.1, 0.15) is 24.1 Å². The number of rotatable bonds is 11. The standard InChI is InChI=1S/C30H40O13/c1-3-16(2)27(37)43-28-23-20(10-11-30(23,38)15-32)18(13-39-28)14-40-29-26(25(36)24(35)21(12-31)41-29)42-22(34)9-6-17-4-7-19(33)8-5-17/h4-9,13,16,20-21,23-26,28-29,31-33,35-36,38H,3,10-12,14-15H2,1-2H3/b9-6+/t16?,20-,21-,23-,24-,25+,26-,28+,29-,30+/m1/s1. The minimum atomic E-state index is -1.67. The molecule has 1 saturated carbocycles. The van der Waals surface area contributed by atoms with E-state index in [1.54, 1.807) is 19.1 Å². The normalized spacial score (nSPS) is 34.6. The third kappa shape index (κ3) is 7.37. The molecule has 10 atom stereocenters. The summed E-state index contributed by atoms with van der Waals surface area (Å²) in [7, 11) is 0. The van der Waals surface area contributed by atoms with Crippen LogP contribution >= 0.6 is 0 Å². The Labute approximate surface area is 248 Å². The Morgan fingerprint density at radius 3 is 2.49 bits per heavy atom. The fourth-order valence-corrected chi connectivity index (χ4v) is 5.55. The Kier molecular flexibility index (Phi) is 10.8. The monoisotopic (exact) mass is 608 g/mol. The Morgan fingerprint density at radius 2 is 1.84 bits per heavy atom. The van der Waals surface area contributed by atoms with E-state index in [0.717, 1.165) is 6.08 Å². The molecule has 0 bridgehead atoms. The van der Waals surface area contributed by atoms with Crippen LogP contribution in [0.25, 0.3) is 6.08 Å². The lowest BCUT2D eigenvalue weighted by molar-refractivity contribution is -0.302. The first-order valence-corrected chi connectivity index (χ1v) is 14.3. The van der Waals surface area contributed by atoms with E-state index in [4.69, 9.17) is 23.7 Å². The van der Waals surface area contributed by atoms with Crippen LogP contribution in [-0.4, -0.2) is 105 Å². The first kappa shape index (κ1) is 32.9. The topological polar surface area (TPSA) is 202 Å². The summed E-state index contributed by atoms with van der Waals surface area (Å²) in [6.45, 7) is 2.13. The van der Waals surface area contributed by atoms with Crippen molar-refractivity contribution < 1.29 is 63.9 Å². The third-order valence-corrected chi connectivity index (χ3v) is 8.38. The van der Waals surface area contributed by atoms with Gasteiger partial charge >= 0.3 is 11.9 Å². The van der Waals surface area contributed by atoms with Gasteiger partial charge in [0, 0.05) is 6.08 Å². The van der Waals surface area contributed by atoms with Gasteiger partial charge in [-0.25, -0.2) is 4.79 Å². The predicted octanol–water partition coefficient (Wildman–Crippen LogP) is 0.352. The quantitative estimate of drug-likeness (QED) is 0.149. The number of carbonyl (C=O) groups excluding carboxylic acids is 2. The summed E-state index contributed by atoms with van der Waals surface area (Å²) in [5.41, 5.74) is -0.446. The van der Waals surface area contributed by atoms with E-state index in [9.17, 15) is 40.2 Å². The second-order valence-electron chi connectivity index (χ2n) is 11.2. The van der Waals surface area contributed by atoms with E-state index in [2.05, 4.69) is 0 Å². The van der Waals surface area contributed by atoms with Gasteiger partial charge in [0.05, 0.1) is 43.5 Å². The zero-order chi connectivity index (χ0) is 31.3. The zero-order valence-electron chi connectivity index (χ0n) is 24.0. The molecule has 3 aliphatic rings. The summed E-state index contributed by atoms with van der Waals surface area (Å²) in [5, 5.41) is 61.4. The predicted molar refractivity (Wildman–Crippen MR) is 147 cm³/mol. The van der Waals surface area contributed by atoms with Crippen molar-refractivity contribution in [2.45, 2.75) is 75.7 Å². The van der Waals surface area contributed by atoms with Gasteiger partial charge in [0.15, 0.2) is 12.4 Å². The summed E-state index contributed by atoms with van der Waals surface area (Å²) < 4.78 is 28.2. The summed E-state index contributed by atoms with van der Waals surface area (Å²) >= 11 is 0. The molecule has 0 spiro atoms. The van der Waals surface area contributed by atoms with Crippen LogP contribution in [0.15, 0.2) is 42.2 Å². The number of benzene rings is 1. The molecule has 2 aliphatic heterocycles. The van der Waals surface area contributed by atoms with Crippen LogP contribution in [0.5, 0.6) is 5.75 Å². The number of aromatic hydroxyl groups is 1. The van der Waals surface area contributed by atoms with Gasteiger partial charge < -0.3 is 54.3 Å². The molecule has 1 aliphatic carbocycles. The van der Waals surface area contributed by atoms with Crippen LogP contribution in [0, 0.1) is 17.8 Å². The van der Waals surface area contributed by atoms with Crippen LogP contribution < -0.4 is 0 Å². The lowest BCUT2D eigenvalue weighted by Gasteiger charge is -2.42. The summed E-state index contributed by atoms with van der Waals surface area (Å²) in [6, 6.07) is 6.03. The highest BCUT2D eigenvalue weighted by atomic mass is 16.7. The molecule has 6 N–H and O–H groups in total. The van der Waals surface area contributed by atoms with Crippen LogP contribution in [0.4, 0.5) is 0 Å². The van der Waals surface area contributed by atoms with Crippen molar-refractivity contribution in [2.75, 3.05) is 19.8 Å². The highest BCUT2D eigenvalue weighted by Crippen LogP contribution is 2.49. The van der Waals surface area contributed by atoms with Crippen molar-refractivity contribution in [3.63, 3.8) is 0 Å². The van der Waals surface area contributed by atoms with Gasteiger partial charge in [-0.3, -0.25) is 4.79 Å². The van der Waals surface area contributed by atoms with Gasteiger partial charge in [-0.15, -0.1) is 0 Å². The molecule has 13 nitrogen and oxygen atoms in total. The van der Waals surface area contributed by atoms with Gasteiger partial charge in [0.2, 0.25) is 6.29 Å². The molecule has 2 fully saturated rings. The molecule has 1 aromatic carbocycles. The van der Waals surface area contributed by atoms with Crippen molar-refractivity contribution in [1.29, 1.82) is 0 Å². The number of hydrogen-bond acceptors (Lipinski definition) is 13. The molecule has 1 aromatic rings. The van der Waals surface area contributed by atoms with E-state index in [1.807, 2.05) is 6.92 Å². The molecule has 238 valence electrons. The lowest BCUT2D eigenvalue weighted by Crippen LogP contribution is -2.60. The van der Waals surface area contributed by atoms with Crippen molar-refractivity contribution in [2.24, 2.45) is 17.8 Å². The van der Waals surface area contributed by atoms with Gasteiger partial charge in [-0.05, 0) is 54.5 Å². The SMILES string of the molecule is CCC(C)C(=O)O[C@@H]1OC=C(CO[C@@H]2O[C@H](CO)[C@@H](O)[C@H](O)[C@H]2OC(=O)/C=C/c2ccc(O)cc2)[C@H]2CC[C@](O)(CO)[C@@H]12. The number of esters is 2. The largest absolute Gasteiger partial charge is 0.508 e. The highest BCUT2D eigenvalue weighted by molar-refractivity contribution is 5.87. The molecule has 2 heterocycles. The number of hydrogen-bond donors (Lipinski definition) is 6. The Balaban J connectivity index is 1.48. The second kappa shape index (κ2) is 14.2. The van der Waals surface area contributed by atoms with E-state index in [0.29, 0.717) is 24.0 Å². The third-order valence-electron chi connectivity index (χ3n) is 8.38. The van der Waals surface area contributed by atoms with Crippen molar-refractivity contribution in [1.82, 2.24) is 0 Å². The Morgan fingerprint density at radius 1 is 1.12 bits per heavy atom. The first-order chi connectivity index (χ1) is 20.5. The molecule has 0 aromatic heterocycles. The molecule has 0 amide bonds. The Bertz CT molecular complexity index is 1170. The number of phenolic OH excluding ortho intramolecular Hbond substituents is 1. The Hall–Kier alpha value is -3.04. The average Bonchev–Trinajstić information content (AvgIpc) is 3.37. The highest BCUT2D eigenvalue weighted by Gasteiger charge is 2.56. The molecular formula is C30H40O13. The molecule has 1 saturated heterocycles. The number of phenols is 1. The van der Waals surface area contributed by atoms with Crippen molar-refractivity contribution in [3.05, 3.63) is 47.7 Å². The molecule has 4 rings (SSSR count). The summed E-state index contributed by atoms with van der Waals surface area (Å²) in [4.78, 5) is 25.1. The summed E-state index contributed by atoms with van der Waals surface area (Å²) in [5.74, 6) is -2.91. The number of fused-ring (bicyclic) bond motifs is 1. The minimum Gasteiger partial charge on any atom is -0.508 e. The van der Waals surface area contributed by atoms with Crippen LogP contribution in [0.2, 0.25) is 0 Å². The van der Waals surface area contributed by atoms with E-state index >= 15 is 0 Å². The van der Waals surface area contributed by atoms with E-state index in [-0.39, 0.29) is 24.7 Å². The van der Waals surface area contributed by atoms with Gasteiger partial charge in [-0.2, -0.15) is 0 Å². The second-order valence-corrected chi connectivity index (χ2v) is 11.2. The van der Waals surface area contributed by atoms with Crippen molar-refractivity contribution >= 4 is 18.0 Å². The maximum atomic E-state index is 12.6. The number of carbonyl (C=O) groups is 2. The first-order valence-electron chi connectivity index (χ1n) is 14.3. The van der Waals surface area contributed by atoms with E-state index in [1.165, 1.54) is 24.5 Å². The van der Waals surface area contributed by atoms with Crippen LogP contribution in [-0.2, 0) is 33.3 Å². The van der Waals surface area contributed by atoms with E-state index < -0.39 is 79.6 Å². The van der Waals surface area contributed by atoms with Crippen LogP contribution in [0.1, 0.15) is 38.7 Å². The fourth-order valence-electron chi connectivity index (χ4n) is 5.55. The molecule has 0 radical (unpaired) electrons. The minimum absolute atomic E-state index is 0.0562. The van der Waals surface area contributed by atoms with Crippen molar-refractivity contribution in [3.8, 4) is 5.75 Å². The van der Waals surface area contributed by atoms with Crippen LogP contribution in [0.3, 0.4) is 0 Å². The molecule has 43 heavy (non-hydrogen) atoms. The number of ether oxygens (including phenoxy) is 5. The maximum absolute atomic E-state index is 12.6. The molecular weight excluding hydrogens is 568 g/mol. The summed E-state index contributed by atoms with van der Waals surface area (Å²) in [6.07, 6.45) is -3.46. The lowest BCUT2D eigenvalue weighted by atomic mass is 9.81.